The lowest BCUT2D eigenvalue weighted by Crippen LogP contribution is -2.59. The van der Waals surface area contributed by atoms with Crippen molar-refractivity contribution in [2.45, 2.75) is 12.5 Å². The summed E-state index contributed by atoms with van der Waals surface area (Å²) >= 11 is 0. The molecule has 1 saturated heterocycles. The van der Waals surface area contributed by atoms with Crippen LogP contribution in [0.2, 0.25) is 0 Å². The van der Waals surface area contributed by atoms with Gasteiger partial charge in [-0.3, -0.25) is 19.5 Å². The molecule has 6 nitrogen and oxygen atoms in total. The maximum absolute atomic E-state index is 12.5. The monoisotopic (exact) mass is 338 g/mol. The van der Waals surface area contributed by atoms with Crippen LogP contribution >= 0.6 is 0 Å². The Morgan fingerprint density at radius 2 is 1.84 bits per heavy atom. The van der Waals surface area contributed by atoms with Crippen molar-refractivity contribution in [3.63, 3.8) is 0 Å². The Labute approximate surface area is 147 Å². The number of pyridine rings is 1. The van der Waals surface area contributed by atoms with E-state index in [9.17, 15) is 9.59 Å². The number of rotatable bonds is 5. The molecular formula is C19H22N4O2. The zero-order valence-electron chi connectivity index (χ0n) is 14.0. The second-order valence-corrected chi connectivity index (χ2v) is 6.16. The van der Waals surface area contributed by atoms with Gasteiger partial charge in [0.25, 0.3) is 5.91 Å². The van der Waals surface area contributed by atoms with E-state index >= 15 is 0 Å². The van der Waals surface area contributed by atoms with Crippen molar-refractivity contribution in [3.8, 4) is 0 Å². The molecule has 0 radical (unpaired) electrons. The molecule has 25 heavy (non-hydrogen) atoms. The van der Waals surface area contributed by atoms with Gasteiger partial charge in [0.05, 0.1) is 0 Å². The summed E-state index contributed by atoms with van der Waals surface area (Å²) in [6.07, 6.45) is 2.44. The van der Waals surface area contributed by atoms with Gasteiger partial charge in [-0.15, -0.1) is 0 Å². The lowest BCUT2D eigenvalue weighted by molar-refractivity contribution is -0.125. The molecule has 1 fully saturated rings. The lowest BCUT2D eigenvalue weighted by Gasteiger charge is -2.39. The van der Waals surface area contributed by atoms with Crippen molar-refractivity contribution >= 4 is 11.8 Å². The molecule has 130 valence electrons. The molecule has 1 aromatic heterocycles. The third-order valence-electron chi connectivity index (χ3n) is 4.52. The molecule has 0 aliphatic carbocycles. The third kappa shape index (κ3) is 4.22. The normalized spacial score (nSPS) is 18.1. The van der Waals surface area contributed by atoms with E-state index in [1.54, 1.807) is 29.3 Å². The Balaban J connectivity index is 1.64. The summed E-state index contributed by atoms with van der Waals surface area (Å²) in [4.78, 5) is 32.3. The number of hydrogen-bond acceptors (Lipinski definition) is 4. The fourth-order valence-corrected chi connectivity index (χ4v) is 3.11. The van der Waals surface area contributed by atoms with E-state index in [1.165, 1.54) is 5.56 Å². The number of aromatic nitrogens is 1. The number of amides is 2. The standard InChI is InChI=1S/C19H22N4O2/c20-18(24)17-14-23(19(25)16-8-4-5-10-21-16)13-12-22(17)11-9-15-6-2-1-3-7-15/h1-8,10,17H,9,11-14H2,(H2,20,24)/t17-/m0/s1. The molecule has 2 amide bonds. The molecule has 2 aromatic rings. The van der Waals surface area contributed by atoms with Crippen molar-refractivity contribution in [2.24, 2.45) is 5.73 Å². The zero-order chi connectivity index (χ0) is 17.6. The first kappa shape index (κ1) is 17.1. The van der Waals surface area contributed by atoms with Crippen LogP contribution in [-0.2, 0) is 11.2 Å². The van der Waals surface area contributed by atoms with Crippen LogP contribution in [-0.4, -0.2) is 58.8 Å². The van der Waals surface area contributed by atoms with Crippen LogP contribution in [0, 0.1) is 0 Å². The SMILES string of the molecule is NC(=O)[C@@H]1CN(C(=O)c2ccccn2)CCN1CCc1ccccc1. The Bertz CT molecular complexity index is 721. The Hall–Kier alpha value is -2.73. The Morgan fingerprint density at radius 1 is 1.08 bits per heavy atom. The zero-order valence-corrected chi connectivity index (χ0v) is 14.0. The third-order valence-corrected chi connectivity index (χ3v) is 4.52. The molecule has 6 heteroatoms. The van der Waals surface area contributed by atoms with Gasteiger partial charge in [-0.05, 0) is 24.1 Å². The summed E-state index contributed by atoms with van der Waals surface area (Å²) in [5, 5.41) is 0. The fraction of sp³-hybridized carbons (Fsp3) is 0.316. The maximum atomic E-state index is 12.5. The molecule has 0 saturated carbocycles. The van der Waals surface area contributed by atoms with Crippen molar-refractivity contribution in [3.05, 3.63) is 66.0 Å². The molecule has 1 aromatic carbocycles. The largest absolute Gasteiger partial charge is 0.368 e. The summed E-state index contributed by atoms with van der Waals surface area (Å²) < 4.78 is 0. The van der Waals surface area contributed by atoms with Gasteiger partial charge >= 0.3 is 0 Å². The highest BCUT2D eigenvalue weighted by Gasteiger charge is 2.33. The van der Waals surface area contributed by atoms with E-state index < -0.39 is 11.9 Å². The van der Waals surface area contributed by atoms with Gasteiger partial charge < -0.3 is 10.6 Å². The molecule has 0 spiro atoms. The molecular weight excluding hydrogens is 316 g/mol. The maximum Gasteiger partial charge on any atom is 0.272 e. The first-order valence-corrected chi connectivity index (χ1v) is 8.43. The minimum atomic E-state index is -0.467. The van der Waals surface area contributed by atoms with Gasteiger partial charge in [0.15, 0.2) is 0 Å². The Kier molecular flexibility index (Phi) is 5.40. The van der Waals surface area contributed by atoms with E-state index in [0.717, 1.165) is 13.0 Å². The number of hydrogen-bond donors (Lipinski definition) is 1. The highest BCUT2D eigenvalue weighted by molar-refractivity contribution is 5.93. The fourth-order valence-electron chi connectivity index (χ4n) is 3.11. The van der Waals surface area contributed by atoms with E-state index in [2.05, 4.69) is 22.0 Å². The van der Waals surface area contributed by atoms with Crippen molar-refractivity contribution < 1.29 is 9.59 Å². The van der Waals surface area contributed by atoms with Crippen LogP contribution < -0.4 is 5.73 Å². The van der Waals surface area contributed by atoms with Gasteiger partial charge in [-0.1, -0.05) is 36.4 Å². The molecule has 2 N–H and O–H groups in total. The first-order chi connectivity index (χ1) is 12.1. The average molecular weight is 338 g/mol. The molecule has 3 rings (SSSR count). The van der Waals surface area contributed by atoms with Crippen LogP contribution in [0.3, 0.4) is 0 Å². The molecule has 1 atom stereocenters. The smallest absolute Gasteiger partial charge is 0.272 e. The molecule has 0 bridgehead atoms. The number of primary amides is 1. The van der Waals surface area contributed by atoms with Crippen LogP contribution in [0.5, 0.6) is 0 Å². The van der Waals surface area contributed by atoms with Crippen molar-refractivity contribution in [1.82, 2.24) is 14.8 Å². The minimum absolute atomic E-state index is 0.158. The highest BCUT2D eigenvalue weighted by Crippen LogP contribution is 2.14. The summed E-state index contributed by atoms with van der Waals surface area (Å²) in [5.74, 6) is -0.554. The Morgan fingerprint density at radius 3 is 2.52 bits per heavy atom. The topological polar surface area (TPSA) is 79.5 Å². The van der Waals surface area contributed by atoms with Crippen LogP contribution in [0.25, 0.3) is 0 Å². The van der Waals surface area contributed by atoms with Crippen molar-refractivity contribution in [2.75, 3.05) is 26.2 Å². The predicted octanol–water partition coefficient (Wildman–Crippen LogP) is 0.936. The number of nitrogens with zero attached hydrogens (tertiary/aromatic N) is 3. The quantitative estimate of drug-likeness (QED) is 0.880. The number of carbonyl (C=O) groups excluding carboxylic acids is 2. The molecule has 1 aliphatic rings. The van der Waals surface area contributed by atoms with Gasteiger partial charge in [-0.25, -0.2) is 0 Å². The average Bonchev–Trinajstić information content (AvgIpc) is 2.67. The van der Waals surface area contributed by atoms with E-state index in [-0.39, 0.29) is 5.91 Å². The van der Waals surface area contributed by atoms with Gasteiger partial charge in [-0.2, -0.15) is 0 Å². The number of piperazine rings is 1. The predicted molar refractivity (Wildman–Crippen MR) is 94.8 cm³/mol. The van der Waals surface area contributed by atoms with E-state index in [1.807, 2.05) is 18.2 Å². The number of benzene rings is 1. The molecule has 1 aliphatic heterocycles. The van der Waals surface area contributed by atoms with Crippen LogP contribution in [0.15, 0.2) is 54.7 Å². The minimum Gasteiger partial charge on any atom is -0.368 e. The van der Waals surface area contributed by atoms with Crippen LogP contribution in [0.4, 0.5) is 0 Å². The molecule has 0 unspecified atom stereocenters. The summed E-state index contributed by atoms with van der Waals surface area (Å²) in [6, 6.07) is 14.9. The summed E-state index contributed by atoms with van der Waals surface area (Å²) in [6.45, 7) is 2.23. The van der Waals surface area contributed by atoms with Gasteiger partial charge in [0, 0.05) is 32.4 Å². The lowest BCUT2D eigenvalue weighted by atomic mass is 10.1. The van der Waals surface area contributed by atoms with Crippen molar-refractivity contribution in [1.29, 1.82) is 0 Å². The highest BCUT2D eigenvalue weighted by atomic mass is 16.2. The van der Waals surface area contributed by atoms with E-state index in [4.69, 9.17) is 5.73 Å². The molecule has 2 heterocycles. The summed E-state index contributed by atoms with van der Waals surface area (Å²) in [7, 11) is 0. The van der Waals surface area contributed by atoms with Gasteiger partial charge in [0.1, 0.15) is 11.7 Å². The van der Waals surface area contributed by atoms with Crippen LogP contribution in [0.1, 0.15) is 16.1 Å². The van der Waals surface area contributed by atoms with Gasteiger partial charge in [0.2, 0.25) is 5.91 Å². The number of nitrogens with two attached hydrogens (primary N) is 1. The summed E-state index contributed by atoms with van der Waals surface area (Å²) in [5.41, 5.74) is 7.21. The first-order valence-electron chi connectivity index (χ1n) is 8.43. The number of carbonyl (C=O) groups is 2. The van der Waals surface area contributed by atoms with E-state index in [0.29, 0.717) is 25.3 Å². The second-order valence-electron chi connectivity index (χ2n) is 6.16. The second kappa shape index (κ2) is 7.90.